The van der Waals surface area contributed by atoms with Crippen LogP contribution in [0.4, 0.5) is 0 Å². The van der Waals surface area contributed by atoms with Crippen LogP contribution in [-0.4, -0.2) is 39.6 Å². The first-order valence-corrected chi connectivity index (χ1v) is 10.7. The van der Waals surface area contributed by atoms with Crippen molar-refractivity contribution in [2.75, 3.05) is 0 Å². The van der Waals surface area contributed by atoms with Gasteiger partial charge in [-0.25, -0.2) is 0 Å². The van der Waals surface area contributed by atoms with Crippen molar-refractivity contribution < 1.29 is 14.1 Å². The molecule has 0 aliphatic carbocycles. The van der Waals surface area contributed by atoms with Crippen molar-refractivity contribution >= 4 is 30.1 Å². The Hall–Kier alpha value is -0.845. The van der Waals surface area contributed by atoms with Crippen molar-refractivity contribution in [3.63, 3.8) is 0 Å². The Bertz CT molecular complexity index is 680. The lowest BCUT2D eigenvalue weighted by atomic mass is 9.78. The van der Waals surface area contributed by atoms with Crippen LogP contribution in [0.15, 0.2) is 18.5 Å². The second-order valence-electron chi connectivity index (χ2n) is 8.94. The predicted octanol–water partition coefficient (Wildman–Crippen LogP) is 3.63. The summed E-state index contributed by atoms with van der Waals surface area (Å²) in [4.78, 5) is 17.4. The molecule has 4 rings (SSSR count). The summed E-state index contributed by atoms with van der Waals surface area (Å²) >= 11 is 2.10. The Morgan fingerprint density at radius 1 is 1.12 bits per heavy atom. The Morgan fingerprint density at radius 3 is 2.35 bits per heavy atom. The molecule has 0 saturated carbocycles. The molecule has 1 aromatic heterocycles. The van der Waals surface area contributed by atoms with Crippen LogP contribution in [0.3, 0.4) is 0 Å². The highest BCUT2D eigenvalue weighted by molar-refractivity contribution is 8.00. The number of nitrogens with zero attached hydrogens (tertiary/aromatic N) is 1. The van der Waals surface area contributed by atoms with Gasteiger partial charge in [0.15, 0.2) is 5.78 Å². The lowest BCUT2D eigenvalue weighted by Crippen LogP contribution is -2.41. The molecule has 3 fully saturated rings. The van der Waals surface area contributed by atoms with Crippen LogP contribution in [0.2, 0.25) is 0 Å². The number of thioether (sulfide) groups is 1. The molecule has 0 spiro atoms. The smallest absolute Gasteiger partial charge is 0.399 e. The van der Waals surface area contributed by atoms with Gasteiger partial charge in [0.1, 0.15) is 0 Å². The number of carbonyl (C=O) groups excluding carboxylic acids is 1. The van der Waals surface area contributed by atoms with Gasteiger partial charge in [0, 0.05) is 39.8 Å². The van der Waals surface area contributed by atoms with Crippen LogP contribution in [-0.2, 0) is 9.31 Å². The zero-order valence-corrected chi connectivity index (χ0v) is 17.0. The molecule has 3 aliphatic heterocycles. The number of carbonyl (C=O) groups is 1. The topological polar surface area (TPSA) is 48.4 Å². The fraction of sp³-hybridized carbons (Fsp3) is 0.700. The average molecular weight is 373 g/mol. The molecule has 4 heterocycles. The molecule has 2 atom stereocenters. The number of hydrogen-bond acceptors (Lipinski definition) is 5. The molecular formula is C20H28BNO3S. The van der Waals surface area contributed by atoms with E-state index >= 15 is 0 Å². The SMILES string of the molecule is CC1(C)OB(c2cncc(C(=O)C3CC4CCCC(C3)S4)c2)OC1(C)C. The van der Waals surface area contributed by atoms with E-state index in [2.05, 4.69) is 16.7 Å². The van der Waals surface area contributed by atoms with Crippen LogP contribution < -0.4 is 5.46 Å². The number of aromatic nitrogens is 1. The maximum absolute atomic E-state index is 13.1. The van der Waals surface area contributed by atoms with Crippen LogP contribution in [0.5, 0.6) is 0 Å². The molecule has 26 heavy (non-hydrogen) atoms. The summed E-state index contributed by atoms with van der Waals surface area (Å²) in [6.45, 7) is 8.14. The van der Waals surface area contributed by atoms with E-state index in [4.69, 9.17) is 9.31 Å². The van der Waals surface area contributed by atoms with Gasteiger partial charge in [-0.15, -0.1) is 0 Å². The molecular weight excluding hydrogens is 345 g/mol. The molecule has 0 radical (unpaired) electrons. The van der Waals surface area contributed by atoms with Gasteiger partial charge in [0.05, 0.1) is 11.2 Å². The van der Waals surface area contributed by atoms with Crippen LogP contribution >= 0.6 is 11.8 Å². The number of rotatable bonds is 3. The fourth-order valence-electron chi connectivity index (χ4n) is 4.21. The summed E-state index contributed by atoms with van der Waals surface area (Å²) in [5.41, 5.74) is 0.748. The molecule has 4 nitrogen and oxygen atoms in total. The number of hydrogen-bond donors (Lipinski definition) is 0. The quantitative estimate of drug-likeness (QED) is 0.598. The van der Waals surface area contributed by atoms with E-state index in [1.54, 1.807) is 12.4 Å². The molecule has 3 saturated heterocycles. The van der Waals surface area contributed by atoms with Gasteiger partial charge >= 0.3 is 7.12 Å². The minimum Gasteiger partial charge on any atom is -0.399 e. The summed E-state index contributed by atoms with van der Waals surface area (Å²) in [5, 5.41) is 1.33. The van der Waals surface area contributed by atoms with E-state index in [0.717, 1.165) is 18.3 Å². The normalized spacial score (nSPS) is 32.5. The van der Waals surface area contributed by atoms with E-state index in [1.807, 2.05) is 33.8 Å². The van der Waals surface area contributed by atoms with E-state index in [0.29, 0.717) is 16.1 Å². The zero-order chi connectivity index (χ0) is 18.5. The van der Waals surface area contributed by atoms with Gasteiger partial charge in [0.2, 0.25) is 0 Å². The third-order valence-electron chi connectivity index (χ3n) is 6.47. The minimum atomic E-state index is -0.471. The summed E-state index contributed by atoms with van der Waals surface area (Å²) in [6.07, 6.45) is 9.33. The molecule has 2 bridgehead atoms. The largest absolute Gasteiger partial charge is 0.496 e. The minimum absolute atomic E-state index is 0.141. The lowest BCUT2D eigenvalue weighted by molar-refractivity contribution is 0.00578. The van der Waals surface area contributed by atoms with Gasteiger partial charge in [0.25, 0.3) is 0 Å². The number of ketones is 1. The number of Topliss-reactive ketones (excluding diaryl/α,β-unsaturated/α-hetero) is 1. The van der Waals surface area contributed by atoms with Crippen LogP contribution in [0.25, 0.3) is 0 Å². The molecule has 140 valence electrons. The predicted molar refractivity (Wildman–Crippen MR) is 106 cm³/mol. The highest BCUT2D eigenvalue weighted by Gasteiger charge is 2.52. The van der Waals surface area contributed by atoms with Crippen molar-refractivity contribution in [3.8, 4) is 0 Å². The molecule has 6 heteroatoms. The molecule has 2 unspecified atom stereocenters. The van der Waals surface area contributed by atoms with Crippen molar-refractivity contribution in [1.29, 1.82) is 0 Å². The highest BCUT2D eigenvalue weighted by Crippen LogP contribution is 2.44. The van der Waals surface area contributed by atoms with Crippen molar-refractivity contribution in [3.05, 3.63) is 24.0 Å². The van der Waals surface area contributed by atoms with Gasteiger partial charge in [-0.05, 0) is 59.4 Å². The highest BCUT2D eigenvalue weighted by atomic mass is 32.2. The summed E-state index contributed by atoms with van der Waals surface area (Å²) in [6, 6.07) is 1.93. The summed E-state index contributed by atoms with van der Waals surface area (Å²) < 4.78 is 12.2. The molecule has 0 N–H and O–H groups in total. The molecule has 1 aromatic rings. The van der Waals surface area contributed by atoms with E-state index < -0.39 is 18.3 Å². The monoisotopic (exact) mass is 373 g/mol. The second kappa shape index (κ2) is 6.64. The number of fused-ring (bicyclic) bond motifs is 2. The third-order valence-corrected chi connectivity index (χ3v) is 8.10. The molecule has 0 amide bonds. The zero-order valence-electron chi connectivity index (χ0n) is 16.2. The Morgan fingerprint density at radius 2 is 1.73 bits per heavy atom. The first-order chi connectivity index (χ1) is 12.2. The first-order valence-electron chi connectivity index (χ1n) is 9.75. The van der Waals surface area contributed by atoms with Gasteiger partial charge in [-0.3, -0.25) is 9.78 Å². The lowest BCUT2D eigenvalue weighted by Gasteiger charge is -2.37. The third kappa shape index (κ3) is 3.36. The first kappa shape index (κ1) is 18.5. The van der Waals surface area contributed by atoms with Gasteiger partial charge in [-0.1, -0.05) is 6.42 Å². The molecule has 0 aromatic carbocycles. The number of pyridine rings is 1. The Labute approximate surface area is 161 Å². The van der Waals surface area contributed by atoms with Crippen molar-refractivity contribution in [1.82, 2.24) is 4.98 Å². The Kier molecular flexibility index (Phi) is 4.73. The van der Waals surface area contributed by atoms with E-state index in [1.165, 1.54) is 19.3 Å². The summed E-state index contributed by atoms with van der Waals surface area (Å²) in [7, 11) is -0.471. The van der Waals surface area contributed by atoms with Crippen molar-refractivity contribution in [2.24, 2.45) is 5.92 Å². The van der Waals surface area contributed by atoms with E-state index in [9.17, 15) is 4.79 Å². The maximum atomic E-state index is 13.1. The van der Waals surface area contributed by atoms with Gasteiger partial charge < -0.3 is 9.31 Å². The van der Waals surface area contributed by atoms with Crippen LogP contribution in [0.1, 0.15) is 70.2 Å². The van der Waals surface area contributed by atoms with Crippen molar-refractivity contribution in [2.45, 2.75) is 81.5 Å². The molecule has 3 aliphatic rings. The van der Waals surface area contributed by atoms with E-state index in [-0.39, 0.29) is 11.7 Å². The average Bonchev–Trinajstić information content (AvgIpc) is 2.82. The Balaban J connectivity index is 1.52. The van der Waals surface area contributed by atoms with Crippen LogP contribution in [0, 0.1) is 5.92 Å². The fourth-order valence-corrected chi connectivity index (χ4v) is 6.05. The standard InChI is InChI=1S/C20H28BNO3S/c1-19(2)20(3,4)25-21(24-19)15-8-14(11-22-12-15)18(23)13-9-16-6-5-7-17(10-13)26-16/h8,11-13,16-17H,5-7,9-10H2,1-4H3. The van der Waals surface area contributed by atoms with Gasteiger partial charge in [-0.2, -0.15) is 11.8 Å². The maximum Gasteiger partial charge on any atom is 0.496 e. The summed E-state index contributed by atoms with van der Waals surface area (Å²) in [5.74, 6) is 0.384. The second-order valence-corrected chi connectivity index (χ2v) is 10.5.